The highest BCUT2D eigenvalue weighted by atomic mass is 19.1. The summed E-state index contributed by atoms with van der Waals surface area (Å²) in [5.74, 6) is 1.65. The van der Waals surface area contributed by atoms with Gasteiger partial charge in [-0.05, 0) is 19.3 Å². The van der Waals surface area contributed by atoms with Crippen molar-refractivity contribution in [2.24, 2.45) is 0 Å². The van der Waals surface area contributed by atoms with Crippen LogP contribution < -0.4 is 19.5 Å². The minimum Gasteiger partial charge on any atom is -0.496 e. The Bertz CT molecular complexity index is 994. The monoisotopic (exact) mass is 403 g/mol. The quantitative estimate of drug-likeness (QED) is 0.626. The fraction of sp³-hybridized carbons (Fsp3) is 0.421. The summed E-state index contributed by atoms with van der Waals surface area (Å²) in [6, 6.07) is 3.38. The summed E-state index contributed by atoms with van der Waals surface area (Å²) in [5, 5.41) is 3.08. The van der Waals surface area contributed by atoms with Gasteiger partial charge in [-0.2, -0.15) is 14.4 Å². The summed E-state index contributed by atoms with van der Waals surface area (Å²) in [7, 11) is 4.58. The maximum atomic E-state index is 14.3. The molecule has 1 atom stereocenters. The zero-order valence-corrected chi connectivity index (χ0v) is 16.4. The summed E-state index contributed by atoms with van der Waals surface area (Å²) in [5.41, 5.74) is 1.25. The van der Waals surface area contributed by atoms with E-state index in [1.807, 2.05) is 0 Å². The molecule has 1 unspecified atom stereocenters. The maximum absolute atomic E-state index is 14.3. The highest BCUT2D eigenvalue weighted by molar-refractivity contribution is 5.87. The van der Waals surface area contributed by atoms with Crippen LogP contribution in [0, 0.1) is 6.08 Å². The molecule has 1 aromatic carbocycles. The van der Waals surface area contributed by atoms with Crippen LogP contribution in [0.25, 0.3) is 11.2 Å². The van der Waals surface area contributed by atoms with Crippen molar-refractivity contribution in [3.63, 3.8) is 0 Å². The van der Waals surface area contributed by atoms with E-state index in [0.29, 0.717) is 40.7 Å². The van der Waals surface area contributed by atoms with Gasteiger partial charge in [0.05, 0.1) is 27.7 Å². The molecule has 0 amide bonds. The zero-order valence-electron chi connectivity index (χ0n) is 16.4. The third-order valence-corrected chi connectivity index (χ3v) is 4.82. The Hall–Kier alpha value is -3.14. The normalized spacial score (nSPS) is 16.6. The number of methoxy groups -OCH3 is 3. The van der Waals surface area contributed by atoms with Gasteiger partial charge < -0.3 is 24.3 Å². The molecule has 0 saturated carbocycles. The predicted octanol–water partition coefficient (Wildman–Crippen LogP) is 3.43. The van der Waals surface area contributed by atoms with E-state index in [9.17, 15) is 4.39 Å². The molecule has 9 nitrogen and oxygen atoms in total. The fourth-order valence-electron chi connectivity index (χ4n) is 3.38. The van der Waals surface area contributed by atoms with Crippen molar-refractivity contribution >= 4 is 22.7 Å². The largest absolute Gasteiger partial charge is 0.496 e. The molecule has 1 N–H and O–H groups in total. The Labute approximate surface area is 166 Å². The average molecular weight is 403 g/mol. The van der Waals surface area contributed by atoms with Crippen LogP contribution in [0.5, 0.6) is 17.2 Å². The van der Waals surface area contributed by atoms with Crippen LogP contribution in [-0.4, -0.2) is 47.5 Å². The number of rotatable bonds is 6. The molecule has 154 valence electrons. The SMILES string of the molecule is COc1cc(OC)c(Nc2nc(F)nc3c2ncn3C2CCCCO2)c(OC)c1. The lowest BCUT2D eigenvalue weighted by molar-refractivity contribution is -0.0298. The van der Waals surface area contributed by atoms with E-state index < -0.39 is 6.08 Å². The third-order valence-electron chi connectivity index (χ3n) is 4.82. The van der Waals surface area contributed by atoms with Crippen molar-refractivity contribution < 1.29 is 23.3 Å². The van der Waals surface area contributed by atoms with Crippen molar-refractivity contribution in [3.8, 4) is 17.2 Å². The van der Waals surface area contributed by atoms with Crippen molar-refractivity contribution in [2.45, 2.75) is 25.5 Å². The first-order valence-corrected chi connectivity index (χ1v) is 9.23. The van der Waals surface area contributed by atoms with Gasteiger partial charge in [-0.15, -0.1) is 0 Å². The van der Waals surface area contributed by atoms with Gasteiger partial charge >= 0.3 is 6.08 Å². The number of fused-ring (bicyclic) bond motifs is 1. The molecular formula is C19H22FN5O4. The topological polar surface area (TPSA) is 92.6 Å². The number of nitrogens with zero attached hydrogens (tertiary/aromatic N) is 4. The minimum absolute atomic E-state index is 0.198. The van der Waals surface area contributed by atoms with Gasteiger partial charge in [-0.1, -0.05) is 0 Å². The fourth-order valence-corrected chi connectivity index (χ4v) is 3.38. The molecule has 1 fully saturated rings. The number of hydrogen-bond acceptors (Lipinski definition) is 8. The number of hydrogen-bond donors (Lipinski definition) is 1. The standard InChI is InChI=1S/C19H22FN5O4/c1-26-11-8-12(27-2)15(13(9-11)28-3)22-17-16-18(24-19(20)23-17)25(10-21-16)14-6-4-5-7-29-14/h8-10,14H,4-7H2,1-3H3,(H,22,23,24). The van der Waals surface area contributed by atoms with Gasteiger partial charge in [-0.3, -0.25) is 4.57 Å². The van der Waals surface area contributed by atoms with E-state index in [1.165, 1.54) is 14.2 Å². The van der Waals surface area contributed by atoms with Gasteiger partial charge in [0.1, 0.15) is 29.2 Å². The Morgan fingerprint density at radius 3 is 2.48 bits per heavy atom. The molecule has 0 spiro atoms. The van der Waals surface area contributed by atoms with E-state index in [-0.39, 0.29) is 12.0 Å². The number of aromatic nitrogens is 4. The van der Waals surface area contributed by atoms with Gasteiger partial charge in [0.25, 0.3) is 0 Å². The molecule has 3 aromatic rings. The minimum atomic E-state index is -0.871. The number of ether oxygens (including phenoxy) is 4. The third kappa shape index (κ3) is 3.63. The molecule has 1 saturated heterocycles. The van der Waals surface area contributed by atoms with Crippen molar-refractivity contribution in [1.82, 2.24) is 19.5 Å². The lowest BCUT2D eigenvalue weighted by Crippen LogP contribution is -2.18. The van der Waals surface area contributed by atoms with E-state index in [2.05, 4.69) is 20.3 Å². The van der Waals surface area contributed by atoms with Gasteiger partial charge in [0, 0.05) is 18.7 Å². The van der Waals surface area contributed by atoms with Crippen molar-refractivity contribution in [3.05, 3.63) is 24.5 Å². The number of nitrogens with one attached hydrogen (secondary N) is 1. The molecule has 0 aliphatic carbocycles. The van der Waals surface area contributed by atoms with Crippen LogP contribution in [0.4, 0.5) is 15.9 Å². The molecule has 1 aliphatic rings. The highest BCUT2D eigenvalue weighted by Crippen LogP contribution is 2.41. The predicted molar refractivity (Wildman–Crippen MR) is 104 cm³/mol. The van der Waals surface area contributed by atoms with Crippen LogP contribution in [0.15, 0.2) is 18.5 Å². The molecule has 0 bridgehead atoms. The Morgan fingerprint density at radius 2 is 1.86 bits per heavy atom. The van der Waals surface area contributed by atoms with E-state index in [1.54, 1.807) is 30.1 Å². The molecule has 3 heterocycles. The summed E-state index contributed by atoms with van der Waals surface area (Å²) in [6.45, 7) is 0.656. The Kier molecular flexibility index (Phi) is 5.34. The lowest BCUT2D eigenvalue weighted by Gasteiger charge is -2.23. The Morgan fingerprint density at radius 1 is 1.10 bits per heavy atom. The van der Waals surface area contributed by atoms with Gasteiger partial charge in [0.15, 0.2) is 17.0 Å². The number of benzene rings is 1. The molecule has 2 aromatic heterocycles. The number of imidazole rings is 1. The molecule has 4 rings (SSSR count). The second-order valence-electron chi connectivity index (χ2n) is 6.52. The molecular weight excluding hydrogens is 381 g/mol. The summed E-state index contributed by atoms with van der Waals surface area (Å²) in [6.07, 6.45) is 3.37. The van der Waals surface area contributed by atoms with Crippen LogP contribution in [0.1, 0.15) is 25.5 Å². The molecule has 10 heteroatoms. The van der Waals surface area contributed by atoms with Crippen molar-refractivity contribution in [1.29, 1.82) is 0 Å². The first kappa shape index (κ1) is 19.2. The van der Waals surface area contributed by atoms with Crippen molar-refractivity contribution in [2.75, 3.05) is 33.3 Å². The average Bonchev–Trinajstić information content (AvgIpc) is 3.18. The molecule has 0 radical (unpaired) electrons. The first-order valence-electron chi connectivity index (χ1n) is 9.23. The number of halogens is 1. The van der Waals surface area contributed by atoms with E-state index in [4.69, 9.17) is 18.9 Å². The van der Waals surface area contributed by atoms with E-state index in [0.717, 1.165) is 19.3 Å². The second kappa shape index (κ2) is 8.08. The van der Waals surface area contributed by atoms with Crippen LogP contribution in [0.3, 0.4) is 0 Å². The van der Waals surface area contributed by atoms with Gasteiger partial charge in [-0.25, -0.2) is 4.98 Å². The second-order valence-corrected chi connectivity index (χ2v) is 6.52. The Balaban J connectivity index is 1.78. The van der Waals surface area contributed by atoms with Crippen LogP contribution >= 0.6 is 0 Å². The smallest absolute Gasteiger partial charge is 0.312 e. The lowest BCUT2D eigenvalue weighted by atomic mass is 10.2. The summed E-state index contributed by atoms with van der Waals surface area (Å²) in [4.78, 5) is 12.2. The molecule has 29 heavy (non-hydrogen) atoms. The summed E-state index contributed by atoms with van der Waals surface area (Å²) < 4.78 is 38.0. The highest BCUT2D eigenvalue weighted by Gasteiger charge is 2.23. The van der Waals surface area contributed by atoms with Crippen LogP contribution in [-0.2, 0) is 4.74 Å². The van der Waals surface area contributed by atoms with Crippen LogP contribution in [0.2, 0.25) is 0 Å². The first-order chi connectivity index (χ1) is 14.1. The van der Waals surface area contributed by atoms with E-state index >= 15 is 0 Å². The maximum Gasteiger partial charge on any atom is 0.312 e. The number of anilines is 2. The molecule has 1 aliphatic heterocycles. The zero-order chi connectivity index (χ0) is 20.4. The summed E-state index contributed by atoms with van der Waals surface area (Å²) >= 11 is 0. The van der Waals surface area contributed by atoms with Gasteiger partial charge in [0.2, 0.25) is 0 Å².